The Labute approximate surface area is 142 Å². The summed E-state index contributed by atoms with van der Waals surface area (Å²) in [6.07, 6.45) is 2.74. The highest BCUT2D eigenvalue weighted by atomic mass is 19.3. The van der Waals surface area contributed by atoms with Gasteiger partial charge in [0.15, 0.2) is 11.9 Å². The Kier molecular flexibility index (Phi) is 6.02. The molecule has 25 heavy (non-hydrogen) atoms. The lowest BCUT2D eigenvalue weighted by Crippen LogP contribution is -2.36. The number of ether oxygens (including phenoxy) is 1. The molecular weight excluding hydrogens is 340 g/mol. The Balaban J connectivity index is 0.00000109. The topological polar surface area (TPSA) is 49.4 Å². The number of hydrazine groups is 2. The van der Waals surface area contributed by atoms with Gasteiger partial charge in [0.05, 0.1) is 12.9 Å². The van der Waals surface area contributed by atoms with Crippen LogP contribution in [0, 0.1) is 5.82 Å². The predicted octanol–water partition coefficient (Wildman–Crippen LogP) is 3.31. The number of nitrogens with one attached hydrogen (secondary N) is 2. The van der Waals surface area contributed by atoms with Crippen LogP contribution in [-0.4, -0.2) is 29.7 Å². The first-order chi connectivity index (χ1) is 12.0. The number of halogens is 4. The number of fused-ring (bicyclic) bond motifs is 1. The molecule has 1 atom stereocenters. The molecule has 0 radical (unpaired) electrons. The van der Waals surface area contributed by atoms with Gasteiger partial charge < -0.3 is 10.2 Å². The minimum atomic E-state index is -2.71. The van der Waals surface area contributed by atoms with Crippen LogP contribution >= 0.6 is 0 Å². The molecule has 9 heteroatoms. The van der Waals surface area contributed by atoms with E-state index in [1.165, 1.54) is 12.3 Å². The standard InChI is InChI=1S/C15H15F3N4O.CH3F/c1-8-3-10(4-12-7-20-21-22(8)12)11-5-13(16)15(19-6-11)23-9(2)14(17)18;1-2/h3-7,9,14,20-21H,1-2H3;1H3. The van der Waals surface area contributed by atoms with E-state index < -0.39 is 24.2 Å². The van der Waals surface area contributed by atoms with Crippen molar-refractivity contribution in [1.82, 2.24) is 21.0 Å². The van der Waals surface area contributed by atoms with Gasteiger partial charge in [-0.2, -0.15) is 0 Å². The monoisotopic (exact) mass is 358 g/mol. The van der Waals surface area contributed by atoms with Gasteiger partial charge in [0.2, 0.25) is 0 Å². The highest BCUT2D eigenvalue weighted by molar-refractivity contribution is 5.78. The fourth-order valence-electron chi connectivity index (χ4n) is 2.25. The minimum absolute atomic E-state index is 0.427. The quantitative estimate of drug-likeness (QED) is 0.809. The number of alkyl halides is 3. The number of hydrogen-bond acceptors (Lipinski definition) is 5. The molecule has 2 aliphatic rings. The van der Waals surface area contributed by atoms with Crippen molar-refractivity contribution in [3.05, 3.63) is 53.4 Å². The van der Waals surface area contributed by atoms with E-state index in [2.05, 4.69) is 15.9 Å². The second kappa shape index (κ2) is 8.02. The van der Waals surface area contributed by atoms with Crippen LogP contribution in [-0.2, 0) is 0 Å². The van der Waals surface area contributed by atoms with Crippen molar-refractivity contribution < 1.29 is 22.3 Å². The molecule has 5 nitrogen and oxygen atoms in total. The highest BCUT2D eigenvalue weighted by Gasteiger charge is 2.22. The largest absolute Gasteiger partial charge is 0.466 e. The molecule has 0 aliphatic carbocycles. The molecule has 2 N–H and O–H groups in total. The molecule has 2 aliphatic heterocycles. The SMILES string of the molecule is CC1=CC(c2cnc(OC(C)C(F)F)c(F)c2)=CC2=CNNN12.CF. The normalized spacial score (nSPS) is 16.8. The van der Waals surface area contributed by atoms with Crippen LogP contribution in [0.15, 0.2) is 42.0 Å². The molecule has 0 fully saturated rings. The second-order valence-electron chi connectivity index (χ2n) is 5.21. The van der Waals surface area contributed by atoms with Crippen molar-refractivity contribution in [2.45, 2.75) is 26.4 Å². The Morgan fingerprint density at radius 2 is 1.96 bits per heavy atom. The van der Waals surface area contributed by atoms with Gasteiger partial charge in [-0.1, -0.05) is 0 Å². The van der Waals surface area contributed by atoms with Gasteiger partial charge in [-0.15, -0.1) is 5.53 Å². The molecule has 1 unspecified atom stereocenters. The average Bonchev–Trinajstić information content (AvgIpc) is 3.07. The zero-order valence-corrected chi connectivity index (χ0v) is 13.9. The molecule has 0 bridgehead atoms. The van der Waals surface area contributed by atoms with Gasteiger partial charge in [0.25, 0.3) is 12.3 Å². The molecule has 0 aromatic carbocycles. The molecule has 3 heterocycles. The lowest BCUT2D eigenvalue weighted by molar-refractivity contribution is 0.0179. The summed E-state index contributed by atoms with van der Waals surface area (Å²) in [7, 11) is 0.500. The van der Waals surface area contributed by atoms with Crippen molar-refractivity contribution in [2.24, 2.45) is 0 Å². The lowest BCUT2D eigenvalue weighted by atomic mass is 10.0. The van der Waals surface area contributed by atoms with E-state index in [9.17, 15) is 17.6 Å². The van der Waals surface area contributed by atoms with Crippen LogP contribution < -0.4 is 15.7 Å². The third-order valence-corrected chi connectivity index (χ3v) is 3.47. The van der Waals surface area contributed by atoms with E-state index in [0.29, 0.717) is 12.7 Å². The smallest absolute Gasteiger partial charge is 0.274 e. The first kappa shape index (κ1) is 18.8. The average molecular weight is 358 g/mol. The fourth-order valence-corrected chi connectivity index (χ4v) is 2.25. The number of aromatic nitrogens is 1. The summed E-state index contributed by atoms with van der Waals surface area (Å²) < 4.78 is 53.3. The predicted molar refractivity (Wildman–Crippen MR) is 85.2 cm³/mol. The first-order valence-corrected chi connectivity index (χ1v) is 7.35. The summed E-state index contributed by atoms with van der Waals surface area (Å²) in [6, 6.07) is 1.22. The van der Waals surface area contributed by atoms with Gasteiger partial charge in [0.1, 0.15) is 0 Å². The third kappa shape index (κ3) is 4.11. The van der Waals surface area contributed by atoms with Gasteiger partial charge in [-0.3, -0.25) is 9.40 Å². The summed E-state index contributed by atoms with van der Waals surface area (Å²) in [6.45, 7) is 3.06. The molecule has 0 saturated carbocycles. The number of pyridine rings is 1. The molecule has 3 rings (SSSR count). The van der Waals surface area contributed by atoms with E-state index in [1.54, 1.807) is 6.20 Å². The van der Waals surface area contributed by atoms with Crippen LogP contribution in [0.2, 0.25) is 0 Å². The number of hydrogen-bond donors (Lipinski definition) is 2. The maximum atomic E-state index is 14.1. The number of nitrogens with zero attached hydrogens (tertiary/aromatic N) is 2. The summed E-state index contributed by atoms with van der Waals surface area (Å²) in [5.41, 5.74) is 8.87. The van der Waals surface area contributed by atoms with E-state index >= 15 is 0 Å². The minimum Gasteiger partial charge on any atom is -0.466 e. The van der Waals surface area contributed by atoms with Gasteiger partial charge >= 0.3 is 0 Å². The Morgan fingerprint density at radius 3 is 2.60 bits per heavy atom. The van der Waals surface area contributed by atoms with Gasteiger partial charge in [-0.25, -0.2) is 18.2 Å². The molecule has 136 valence electrons. The fraction of sp³-hybridized carbons (Fsp3) is 0.312. The van der Waals surface area contributed by atoms with Crippen molar-refractivity contribution in [1.29, 1.82) is 0 Å². The lowest BCUT2D eigenvalue weighted by Gasteiger charge is -2.24. The number of rotatable bonds is 4. The van der Waals surface area contributed by atoms with Crippen LogP contribution in [0.5, 0.6) is 5.88 Å². The third-order valence-electron chi connectivity index (χ3n) is 3.47. The van der Waals surface area contributed by atoms with Crippen molar-refractivity contribution >= 4 is 5.57 Å². The molecule has 1 aromatic rings. The van der Waals surface area contributed by atoms with E-state index in [1.807, 2.05) is 24.1 Å². The number of allylic oxidation sites excluding steroid dienone is 4. The zero-order valence-electron chi connectivity index (χ0n) is 13.9. The van der Waals surface area contributed by atoms with Crippen molar-refractivity contribution in [3.8, 4) is 5.88 Å². The summed E-state index contributed by atoms with van der Waals surface area (Å²) >= 11 is 0. The Bertz CT molecular complexity index is 718. The van der Waals surface area contributed by atoms with Crippen LogP contribution in [0.25, 0.3) is 5.57 Å². The van der Waals surface area contributed by atoms with Crippen LogP contribution in [0.4, 0.5) is 17.6 Å². The molecular formula is C16H18F4N4O. The maximum absolute atomic E-state index is 14.1. The van der Waals surface area contributed by atoms with Crippen LogP contribution in [0.3, 0.4) is 0 Å². The van der Waals surface area contributed by atoms with Crippen molar-refractivity contribution in [3.63, 3.8) is 0 Å². The summed E-state index contributed by atoms with van der Waals surface area (Å²) in [5, 5.41) is 1.83. The molecule has 0 spiro atoms. The van der Waals surface area contributed by atoms with Crippen LogP contribution in [0.1, 0.15) is 19.4 Å². The van der Waals surface area contributed by atoms with Gasteiger partial charge in [0, 0.05) is 23.7 Å². The maximum Gasteiger partial charge on any atom is 0.274 e. The summed E-state index contributed by atoms with van der Waals surface area (Å²) in [5.74, 6) is -1.20. The highest BCUT2D eigenvalue weighted by Crippen LogP contribution is 2.30. The summed E-state index contributed by atoms with van der Waals surface area (Å²) in [4.78, 5) is 3.82. The zero-order chi connectivity index (χ0) is 18.6. The van der Waals surface area contributed by atoms with E-state index in [4.69, 9.17) is 4.74 Å². The van der Waals surface area contributed by atoms with Crippen molar-refractivity contribution in [2.75, 3.05) is 7.18 Å². The Morgan fingerprint density at radius 1 is 1.24 bits per heavy atom. The van der Waals surface area contributed by atoms with E-state index in [-0.39, 0.29) is 0 Å². The van der Waals surface area contributed by atoms with Gasteiger partial charge in [-0.05, 0) is 37.6 Å². The second-order valence-corrected chi connectivity index (χ2v) is 5.21. The Hall–Kier alpha value is -2.55. The molecule has 1 aromatic heterocycles. The molecule has 0 saturated heterocycles. The van der Waals surface area contributed by atoms with E-state index in [0.717, 1.165) is 23.9 Å². The first-order valence-electron chi connectivity index (χ1n) is 7.35. The molecule has 0 amide bonds.